The first-order valence-electron chi connectivity index (χ1n) is 9.03. The summed E-state index contributed by atoms with van der Waals surface area (Å²) in [6.07, 6.45) is 0.823. The summed E-state index contributed by atoms with van der Waals surface area (Å²) in [4.78, 5) is 14.6. The quantitative estimate of drug-likeness (QED) is 0.693. The van der Waals surface area contributed by atoms with Crippen LogP contribution in [0.5, 0.6) is 0 Å². The number of carbonyl (C=O) groups excluding carboxylic acids is 1. The van der Waals surface area contributed by atoms with Crippen LogP contribution < -0.4 is 10.6 Å². The van der Waals surface area contributed by atoms with E-state index in [0.29, 0.717) is 0 Å². The Bertz CT molecular complexity index is 1010. The molecule has 28 heavy (non-hydrogen) atoms. The maximum atomic E-state index is 13.7. The molecule has 2 aromatic carbocycles. The van der Waals surface area contributed by atoms with E-state index in [0.717, 1.165) is 47.3 Å². The lowest BCUT2D eigenvalue weighted by molar-refractivity contribution is 0.245. The lowest BCUT2D eigenvalue weighted by Gasteiger charge is -2.29. The van der Waals surface area contributed by atoms with E-state index in [4.69, 9.17) is 0 Å². The minimum atomic E-state index is -0.463. The minimum Gasteiger partial charge on any atom is -0.307 e. The second-order valence-electron chi connectivity index (χ2n) is 6.68. The average molecular weight is 397 g/mol. The van der Waals surface area contributed by atoms with Crippen molar-refractivity contribution in [2.75, 3.05) is 17.2 Å². The number of hydrogen-bond acceptors (Lipinski definition) is 5. The van der Waals surface area contributed by atoms with E-state index in [1.807, 2.05) is 19.1 Å². The van der Waals surface area contributed by atoms with Crippen LogP contribution in [0.25, 0.3) is 0 Å². The van der Waals surface area contributed by atoms with Crippen molar-refractivity contribution in [1.82, 2.24) is 15.1 Å². The molecule has 6 nitrogen and oxygen atoms in total. The zero-order valence-corrected chi connectivity index (χ0v) is 16.2. The van der Waals surface area contributed by atoms with Gasteiger partial charge in [-0.15, -0.1) is 21.5 Å². The van der Waals surface area contributed by atoms with E-state index >= 15 is 0 Å². The molecule has 0 spiro atoms. The monoisotopic (exact) mass is 397 g/mol. The number of benzene rings is 2. The van der Waals surface area contributed by atoms with Gasteiger partial charge in [0.2, 0.25) is 0 Å². The van der Waals surface area contributed by atoms with Crippen LogP contribution in [0.4, 0.5) is 20.6 Å². The van der Waals surface area contributed by atoms with Gasteiger partial charge in [0.15, 0.2) is 0 Å². The van der Waals surface area contributed by atoms with Crippen LogP contribution in [0.3, 0.4) is 0 Å². The Kier molecular flexibility index (Phi) is 5.31. The third-order valence-corrected chi connectivity index (χ3v) is 5.47. The summed E-state index contributed by atoms with van der Waals surface area (Å²) in [5.41, 5.74) is 3.22. The largest absolute Gasteiger partial charge is 0.323 e. The number of carbonyl (C=O) groups is 1. The van der Waals surface area contributed by atoms with Gasteiger partial charge in [-0.1, -0.05) is 24.3 Å². The molecule has 0 unspecified atom stereocenters. The molecule has 2 heterocycles. The SMILES string of the molecule is Cc1nnc(CN2CCc3c(cccc3NC(=O)Nc3ccccc3F)C2)s1. The van der Waals surface area contributed by atoms with E-state index in [1.54, 1.807) is 23.5 Å². The Hall–Kier alpha value is -2.84. The van der Waals surface area contributed by atoms with Gasteiger partial charge in [-0.3, -0.25) is 4.90 Å². The molecule has 2 N–H and O–H groups in total. The zero-order chi connectivity index (χ0) is 19.5. The summed E-state index contributed by atoms with van der Waals surface area (Å²) < 4.78 is 13.7. The highest BCUT2D eigenvalue weighted by Crippen LogP contribution is 2.27. The molecular formula is C20H20FN5OS. The first-order chi connectivity index (χ1) is 13.6. The number of halogens is 1. The molecule has 144 valence electrons. The maximum absolute atomic E-state index is 13.7. The van der Waals surface area contributed by atoms with Gasteiger partial charge in [0.1, 0.15) is 15.8 Å². The van der Waals surface area contributed by atoms with Crippen LogP contribution in [0, 0.1) is 12.7 Å². The lowest BCUT2D eigenvalue weighted by Crippen LogP contribution is -2.31. The lowest BCUT2D eigenvalue weighted by atomic mass is 9.98. The fraction of sp³-hybridized carbons (Fsp3) is 0.250. The van der Waals surface area contributed by atoms with E-state index in [-0.39, 0.29) is 5.69 Å². The Morgan fingerprint density at radius 2 is 1.93 bits per heavy atom. The molecule has 0 fully saturated rings. The maximum Gasteiger partial charge on any atom is 0.323 e. The molecule has 3 aromatic rings. The van der Waals surface area contributed by atoms with E-state index < -0.39 is 11.8 Å². The van der Waals surface area contributed by atoms with Gasteiger partial charge in [0.05, 0.1) is 12.2 Å². The van der Waals surface area contributed by atoms with Gasteiger partial charge in [-0.2, -0.15) is 0 Å². The molecule has 1 aromatic heterocycles. The predicted molar refractivity (Wildman–Crippen MR) is 108 cm³/mol. The molecule has 0 saturated heterocycles. The molecule has 0 aliphatic carbocycles. The summed E-state index contributed by atoms with van der Waals surface area (Å²) in [6.45, 7) is 4.39. The van der Waals surface area contributed by atoms with Crippen molar-refractivity contribution in [3.63, 3.8) is 0 Å². The van der Waals surface area contributed by atoms with Crippen LogP contribution in [0.15, 0.2) is 42.5 Å². The number of aryl methyl sites for hydroxylation is 1. The molecule has 0 radical (unpaired) electrons. The number of nitrogens with one attached hydrogen (secondary N) is 2. The average Bonchev–Trinajstić information content (AvgIpc) is 3.08. The number of urea groups is 1. The van der Waals surface area contributed by atoms with Gasteiger partial charge in [0, 0.05) is 18.8 Å². The number of rotatable bonds is 4. The fourth-order valence-corrected chi connectivity index (χ4v) is 4.10. The molecular weight excluding hydrogens is 377 g/mol. The van der Waals surface area contributed by atoms with Crippen molar-refractivity contribution in [2.24, 2.45) is 0 Å². The Balaban J connectivity index is 1.44. The van der Waals surface area contributed by atoms with Gasteiger partial charge >= 0.3 is 6.03 Å². The van der Waals surface area contributed by atoms with E-state index in [9.17, 15) is 9.18 Å². The van der Waals surface area contributed by atoms with Gasteiger partial charge in [-0.25, -0.2) is 9.18 Å². The van der Waals surface area contributed by atoms with Crippen LogP contribution in [0.1, 0.15) is 21.1 Å². The molecule has 0 bridgehead atoms. The Labute approximate surface area is 166 Å². The summed E-state index contributed by atoms with van der Waals surface area (Å²) in [7, 11) is 0. The molecule has 0 saturated carbocycles. The van der Waals surface area contributed by atoms with Crippen LogP contribution in [0.2, 0.25) is 0 Å². The van der Waals surface area contributed by atoms with Crippen molar-refractivity contribution >= 4 is 28.7 Å². The van der Waals surface area contributed by atoms with Crippen LogP contribution in [-0.2, 0) is 19.5 Å². The highest BCUT2D eigenvalue weighted by molar-refractivity contribution is 7.11. The van der Waals surface area contributed by atoms with Gasteiger partial charge in [0.25, 0.3) is 0 Å². The van der Waals surface area contributed by atoms with Crippen molar-refractivity contribution in [3.8, 4) is 0 Å². The second-order valence-corrected chi connectivity index (χ2v) is 7.94. The Morgan fingerprint density at radius 3 is 2.71 bits per heavy atom. The molecule has 1 aliphatic heterocycles. The third-order valence-electron chi connectivity index (χ3n) is 4.64. The zero-order valence-electron chi connectivity index (χ0n) is 15.4. The number of amides is 2. The molecule has 4 rings (SSSR count). The second kappa shape index (κ2) is 8.04. The fourth-order valence-electron chi connectivity index (χ4n) is 3.35. The van der Waals surface area contributed by atoms with Crippen molar-refractivity contribution in [1.29, 1.82) is 0 Å². The standard InChI is InChI=1S/C20H20FN5OS/c1-13-24-25-19(28-13)12-26-10-9-15-14(11-26)5-4-8-17(15)22-20(27)23-18-7-3-2-6-16(18)21/h2-8H,9-12H2,1H3,(H2,22,23,27). The summed E-state index contributed by atoms with van der Waals surface area (Å²) >= 11 is 1.62. The first-order valence-corrected chi connectivity index (χ1v) is 9.85. The summed E-state index contributed by atoms with van der Waals surface area (Å²) in [5.74, 6) is -0.463. The topological polar surface area (TPSA) is 70.2 Å². The van der Waals surface area contributed by atoms with Crippen molar-refractivity contribution in [3.05, 3.63) is 69.4 Å². The highest BCUT2D eigenvalue weighted by Gasteiger charge is 2.20. The molecule has 8 heteroatoms. The van der Waals surface area contributed by atoms with E-state index in [2.05, 4.69) is 31.8 Å². The normalized spacial score (nSPS) is 13.8. The van der Waals surface area contributed by atoms with Crippen LogP contribution in [-0.4, -0.2) is 27.7 Å². The number of anilines is 2. The van der Waals surface area contributed by atoms with E-state index in [1.165, 1.54) is 17.7 Å². The predicted octanol–water partition coefficient (Wildman–Crippen LogP) is 4.19. The summed E-state index contributed by atoms with van der Waals surface area (Å²) in [6, 6.07) is 11.5. The number of hydrogen-bond donors (Lipinski definition) is 2. The number of fused-ring (bicyclic) bond motifs is 1. The van der Waals surface area contributed by atoms with Crippen LogP contribution >= 0.6 is 11.3 Å². The number of aromatic nitrogens is 2. The molecule has 0 atom stereocenters. The number of para-hydroxylation sites is 1. The smallest absolute Gasteiger partial charge is 0.307 e. The van der Waals surface area contributed by atoms with Gasteiger partial charge < -0.3 is 10.6 Å². The molecule has 1 aliphatic rings. The third kappa shape index (κ3) is 4.18. The first kappa shape index (κ1) is 18.5. The number of nitrogens with zero attached hydrogens (tertiary/aromatic N) is 3. The minimum absolute atomic E-state index is 0.156. The van der Waals surface area contributed by atoms with Crippen molar-refractivity contribution < 1.29 is 9.18 Å². The summed E-state index contributed by atoms with van der Waals surface area (Å²) in [5, 5.41) is 15.7. The highest BCUT2D eigenvalue weighted by atomic mass is 32.1. The van der Waals surface area contributed by atoms with Crippen molar-refractivity contribution in [2.45, 2.75) is 26.4 Å². The van der Waals surface area contributed by atoms with Gasteiger partial charge in [-0.05, 0) is 42.7 Å². The molecule has 2 amide bonds. The Morgan fingerprint density at radius 1 is 1.14 bits per heavy atom.